The van der Waals surface area contributed by atoms with Gasteiger partial charge in [0.2, 0.25) is 5.91 Å². The lowest BCUT2D eigenvalue weighted by molar-refractivity contribution is -0.116. The van der Waals surface area contributed by atoms with Crippen LogP contribution in [0.4, 0.5) is 5.69 Å². The average Bonchev–Trinajstić information content (AvgIpc) is 3.57. The van der Waals surface area contributed by atoms with Crippen molar-refractivity contribution in [1.82, 2.24) is 19.8 Å². The number of methoxy groups -OCH3 is 2. The van der Waals surface area contributed by atoms with Crippen molar-refractivity contribution >= 4 is 28.9 Å². The molecular formula is C29H29N5O3S. The van der Waals surface area contributed by atoms with Crippen LogP contribution in [0.2, 0.25) is 0 Å². The number of carbonyl (C=O) groups is 1. The molecule has 194 valence electrons. The van der Waals surface area contributed by atoms with Gasteiger partial charge in [-0.3, -0.25) is 9.78 Å². The fourth-order valence-electron chi connectivity index (χ4n) is 4.78. The van der Waals surface area contributed by atoms with Crippen molar-refractivity contribution in [3.63, 3.8) is 0 Å². The Bertz CT molecular complexity index is 1420. The number of para-hydroxylation sites is 2. The summed E-state index contributed by atoms with van der Waals surface area (Å²) in [5.41, 5.74) is 3.50. The topological polar surface area (TPSA) is 80.7 Å². The highest BCUT2D eigenvalue weighted by Gasteiger charge is 2.41. The molecule has 0 unspecified atom stereocenters. The molecule has 2 aromatic carbocycles. The van der Waals surface area contributed by atoms with Crippen LogP contribution in [0.25, 0.3) is 5.69 Å². The molecule has 0 spiro atoms. The molecule has 0 radical (unpaired) electrons. The molecule has 1 aliphatic rings. The SMILES string of the molecule is COc1cccc(-n2cccc2[C@H]2[C@@H](c3ccccn3)NC(=S)N2CCC(=O)Nc2ccccc2OC)c1. The predicted octanol–water partition coefficient (Wildman–Crippen LogP) is 4.89. The second-order valence-corrected chi connectivity index (χ2v) is 9.21. The molecule has 0 saturated carbocycles. The molecule has 2 aromatic heterocycles. The number of aromatic nitrogens is 2. The summed E-state index contributed by atoms with van der Waals surface area (Å²) in [6.07, 6.45) is 4.04. The highest BCUT2D eigenvalue weighted by molar-refractivity contribution is 7.80. The van der Waals surface area contributed by atoms with E-state index in [1.54, 1.807) is 20.4 Å². The van der Waals surface area contributed by atoms with E-state index in [0.29, 0.717) is 23.1 Å². The van der Waals surface area contributed by atoms with Gasteiger partial charge in [-0.1, -0.05) is 24.3 Å². The molecular weight excluding hydrogens is 498 g/mol. The quantitative estimate of drug-likeness (QED) is 0.300. The highest BCUT2D eigenvalue weighted by Crippen LogP contribution is 2.40. The van der Waals surface area contributed by atoms with Crippen LogP contribution < -0.4 is 20.1 Å². The number of benzene rings is 2. The van der Waals surface area contributed by atoms with Crippen LogP contribution in [0.1, 0.15) is 29.9 Å². The van der Waals surface area contributed by atoms with Crippen molar-refractivity contribution in [2.75, 3.05) is 26.1 Å². The van der Waals surface area contributed by atoms with Gasteiger partial charge in [0.15, 0.2) is 5.11 Å². The lowest BCUT2D eigenvalue weighted by Crippen LogP contribution is -2.33. The van der Waals surface area contributed by atoms with E-state index in [2.05, 4.69) is 31.2 Å². The van der Waals surface area contributed by atoms with Gasteiger partial charge in [-0.15, -0.1) is 0 Å². The zero-order valence-corrected chi connectivity index (χ0v) is 22.0. The van der Waals surface area contributed by atoms with E-state index in [1.807, 2.05) is 79.0 Å². The van der Waals surface area contributed by atoms with E-state index in [9.17, 15) is 4.79 Å². The first-order valence-electron chi connectivity index (χ1n) is 12.3. The first-order valence-corrected chi connectivity index (χ1v) is 12.7. The van der Waals surface area contributed by atoms with Crippen LogP contribution in [0.3, 0.4) is 0 Å². The number of nitrogens with zero attached hydrogens (tertiary/aromatic N) is 3. The maximum atomic E-state index is 13.0. The Morgan fingerprint density at radius 1 is 1.03 bits per heavy atom. The number of hydrogen-bond donors (Lipinski definition) is 2. The highest BCUT2D eigenvalue weighted by atomic mass is 32.1. The maximum Gasteiger partial charge on any atom is 0.226 e. The van der Waals surface area contributed by atoms with Gasteiger partial charge in [0.05, 0.1) is 37.7 Å². The third-order valence-electron chi connectivity index (χ3n) is 6.57. The van der Waals surface area contributed by atoms with Crippen molar-refractivity contribution in [2.45, 2.75) is 18.5 Å². The summed E-state index contributed by atoms with van der Waals surface area (Å²) in [5.74, 6) is 1.26. The van der Waals surface area contributed by atoms with E-state index in [-0.39, 0.29) is 24.4 Å². The number of ether oxygens (including phenoxy) is 2. The van der Waals surface area contributed by atoms with Gasteiger partial charge in [0.1, 0.15) is 11.5 Å². The molecule has 8 nitrogen and oxygen atoms in total. The van der Waals surface area contributed by atoms with Crippen LogP contribution >= 0.6 is 12.2 Å². The molecule has 0 aliphatic carbocycles. The number of carbonyl (C=O) groups excluding carboxylic acids is 1. The van der Waals surface area contributed by atoms with Crippen LogP contribution in [0.5, 0.6) is 11.5 Å². The number of nitrogens with one attached hydrogen (secondary N) is 2. The Morgan fingerprint density at radius 3 is 2.66 bits per heavy atom. The number of hydrogen-bond acceptors (Lipinski definition) is 5. The number of thiocarbonyl (C=S) groups is 1. The minimum atomic E-state index is -0.197. The smallest absolute Gasteiger partial charge is 0.226 e. The summed E-state index contributed by atoms with van der Waals surface area (Å²) >= 11 is 5.80. The van der Waals surface area contributed by atoms with E-state index in [4.69, 9.17) is 21.7 Å². The number of amides is 1. The van der Waals surface area contributed by atoms with Crippen molar-refractivity contribution < 1.29 is 14.3 Å². The Hall–Kier alpha value is -4.37. The lowest BCUT2D eigenvalue weighted by Gasteiger charge is -2.29. The third kappa shape index (κ3) is 5.19. The Balaban J connectivity index is 1.44. The van der Waals surface area contributed by atoms with Gasteiger partial charge in [0, 0.05) is 42.8 Å². The average molecular weight is 528 g/mol. The van der Waals surface area contributed by atoms with Gasteiger partial charge in [-0.2, -0.15) is 0 Å². The summed E-state index contributed by atoms with van der Waals surface area (Å²) < 4.78 is 12.9. The second kappa shape index (κ2) is 11.4. The van der Waals surface area contributed by atoms with Crippen LogP contribution in [0.15, 0.2) is 91.3 Å². The molecule has 2 atom stereocenters. The monoisotopic (exact) mass is 527 g/mol. The molecule has 2 N–H and O–H groups in total. The minimum Gasteiger partial charge on any atom is -0.497 e. The third-order valence-corrected chi connectivity index (χ3v) is 6.93. The van der Waals surface area contributed by atoms with E-state index in [1.165, 1.54) is 0 Å². The van der Waals surface area contributed by atoms with Gasteiger partial charge in [-0.05, 0) is 60.7 Å². The fraction of sp³-hybridized carbons (Fsp3) is 0.207. The molecule has 1 fully saturated rings. The second-order valence-electron chi connectivity index (χ2n) is 8.82. The molecule has 5 rings (SSSR count). The molecule has 9 heteroatoms. The van der Waals surface area contributed by atoms with Crippen molar-refractivity contribution in [3.05, 3.63) is 103 Å². The zero-order valence-electron chi connectivity index (χ0n) is 21.2. The summed E-state index contributed by atoms with van der Waals surface area (Å²) in [7, 11) is 3.24. The zero-order chi connectivity index (χ0) is 26.5. The van der Waals surface area contributed by atoms with Crippen LogP contribution in [-0.4, -0.2) is 46.2 Å². The summed E-state index contributed by atoms with van der Waals surface area (Å²) in [5, 5.41) is 6.99. The standard InChI is InChI=1S/C29H29N5O3S/c1-36-21-10-7-9-20(19-21)33-17-8-13-24(33)28-27(23-12-5-6-16-30-23)32-29(38)34(28)18-15-26(35)31-22-11-3-4-14-25(22)37-2/h3-14,16-17,19,27-28H,15,18H2,1-2H3,(H,31,35)(H,32,38)/t27-,28+/m1/s1. The van der Waals surface area contributed by atoms with Gasteiger partial charge >= 0.3 is 0 Å². The molecule has 1 amide bonds. The molecule has 3 heterocycles. The number of anilines is 1. The molecule has 1 aliphatic heterocycles. The van der Waals surface area contributed by atoms with Crippen LogP contribution in [0, 0.1) is 0 Å². The normalized spacial score (nSPS) is 16.7. The first-order chi connectivity index (χ1) is 18.6. The Morgan fingerprint density at radius 2 is 1.87 bits per heavy atom. The molecule has 38 heavy (non-hydrogen) atoms. The van der Waals surface area contributed by atoms with Gasteiger partial charge in [-0.25, -0.2) is 0 Å². The molecule has 4 aromatic rings. The molecule has 1 saturated heterocycles. The maximum absolute atomic E-state index is 13.0. The van der Waals surface area contributed by atoms with Crippen LogP contribution in [-0.2, 0) is 4.79 Å². The summed E-state index contributed by atoms with van der Waals surface area (Å²) in [6.45, 7) is 0.421. The number of pyridine rings is 1. The number of rotatable bonds is 9. The summed E-state index contributed by atoms with van der Waals surface area (Å²) in [6, 6.07) is 24.8. The van der Waals surface area contributed by atoms with E-state index < -0.39 is 0 Å². The first kappa shape index (κ1) is 25.3. The van der Waals surface area contributed by atoms with Crippen molar-refractivity contribution in [2.24, 2.45) is 0 Å². The van der Waals surface area contributed by atoms with Crippen molar-refractivity contribution in [1.29, 1.82) is 0 Å². The fourth-order valence-corrected chi connectivity index (χ4v) is 5.11. The van der Waals surface area contributed by atoms with E-state index in [0.717, 1.165) is 22.8 Å². The lowest BCUT2D eigenvalue weighted by atomic mass is 10.0. The Kier molecular flexibility index (Phi) is 7.55. The van der Waals surface area contributed by atoms with Crippen molar-refractivity contribution in [3.8, 4) is 17.2 Å². The van der Waals surface area contributed by atoms with E-state index >= 15 is 0 Å². The predicted molar refractivity (Wildman–Crippen MR) is 151 cm³/mol. The minimum absolute atomic E-state index is 0.125. The molecule has 0 bridgehead atoms. The largest absolute Gasteiger partial charge is 0.497 e. The van der Waals surface area contributed by atoms with Gasteiger partial charge < -0.3 is 29.6 Å². The summed E-state index contributed by atoms with van der Waals surface area (Å²) in [4.78, 5) is 19.6. The van der Waals surface area contributed by atoms with Gasteiger partial charge in [0.25, 0.3) is 0 Å². The Labute approximate surface area is 227 Å².